The summed E-state index contributed by atoms with van der Waals surface area (Å²) in [5, 5.41) is 7.96. The van der Waals surface area contributed by atoms with Crippen LogP contribution in [0.3, 0.4) is 0 Å². The van der Waals surface area contributed by atoms with Crippen molar-refractivity contribution in [3.63, 3.8) is 0 Å². The predicted octanol–water partition coefficient (Wildman–Crippen LogP) is 1.75. The number of amides is 1. The molecule has 0 spiro atoms. The van der Waals surface area contributed by atoms with Gasteiger partial charge in [0.2, 0.25) is 0 Å². The van der Waals surface area contributed by atoms with Gasteiger partial charge >= 0.3 is 0 Å². The number of methoxy groups -OCH3 is 1. The van der Waals surface area contributed by atoms with Gasteiger partial charge in [0.25, 0.3) is 5.91 Å². The number of nitrogens with zero attached hydrogens (tertiary/aromatic N) is 2. The number of benzene rings is 1. The van der Waals surface area contributed by atoms with Crippen LogP contribution in [-0.4, -0.2) is 60.5 Å². The summed E-state index contributed by atoms with van der Waals surface area (Å²) in [7, 11) is 1.67. The molecule has 1 unspecified atom stereocenters. The number of aromatic amines is 1. The third-order valence-corrected chi connectivity index (χ3v) is 4.07. The van der Waals surface area contributed by atoms with Crippen LogP contribution in [0.4, 0.5) is 0 Å². The summed E-state index contributed by atoms with van der Waals surface area (Å²) < 4.78 is 10.7. The number of morpholine rings is 1. The van der Waals surface area contributed by atoms with Gasteiger partial charge in [-0.3, -0.25) is 9.89 Å². The molecule has 0 saturated carbocycles. The monoisotopic (exact) mass is 303 g/mol. The molecule has 1 atom stereocenters. The molecule has 22 heavy (non-hydrogen) atoms. The highest BCUT2D eigenvalue weighted by molar-refractivity contribution is 6.05. The van der Waals surface area contributed by atoms with Crippen molar-refractivity contribution < 1.29 is 14.3 Å². The summed E-state index contributed by atoms with van der Waals surface area (Å²) in [6, 6.07) is 4.00. The highest BCUT2D eigenvalue weighted by Gasteiger charge is 2.29. The van der Waals surface area contributed by atoms with E-state index in [2.05, 4.69) is 10.2 Å². The van der Waals surface area contributed by atoms with Crippen molar-refractivity contribution in [2.24, 2.45) is 0 Å². The van der Waals surface area contributed by atoms with Gasteiger partial charge in [0.05, 0.1) is 36.5 Å². The van der Waals surface area contributed by atoms with Crippen LogP contribution >= 0.6 is 0 Å². The zero-order chi connectivity index (χ0) is 15.5. The van der Waals surface area contributed by atoms with Gasteiger partial charge < -0.3 is 14.4 Å². The van der Waals surface area contributed by atoms with Crippen LogP contribution in [0.5, 0.6) is 0 Å². The molecule has 6 heteroatoms. The van der Waals surface area contributed by atoms with Crippen molar-refractivity contribution in [3.8, 4) is 0 Å². The van der Waals surface area contributed by atoms with Gasteiger partial charge in [0.15, 0.2) is 0 Å². The van der Waals surface area contributed by atoms with Crippen molar-refractivity contribution in [1.29, 1.82) is 0 Å². The van der Waals surface area contributed by atoms with E-state index in [4.69, 9.17) is 9.47 Å². The highest BCUT2D eigenvalue weighted by atomic mass is 16.5. The van der Waals surface area contributed by atoms with E-state index in [1.807, 2.05) is 24.0 Å². The molecule has 0 aliphatic carbocycles. The number of carbonyl (C=O) groups excluding carboxylic acids is 1. The van der Waals surface area contributed by atoms with Gasteiger partial charge in [-0.1, -0.05) is 0 Å². The van der Waals surface area contributed by atoms with Crippen LogP contribution in [0.25, 0.3) is 10.9 Å². The number of rotatable bonds is 4. The molecule has 1 aliphatic rings. The average Bonchev–Trinajstić information content (AvgIpc) is 3.00. The Balaban J connectivity index is 1.91. The number of fused-ring (bicyclic) bond motifs is 1. The molecule has 2 aromatic rings. The topological polar surface area (TPSA) is 67.5 Å². The Morgan fingerprint density at radius 2 is 2.41 bits per heavy atom. The first-order valence-electron chi connectivity index (χ1n) is 7.52. The number of nitrogens with one attached hydrogen (secondary N) is 1. The minimum Gasteiger partial charge on any atom is -0.385 e. The lowest BCUT2D eigenvalue weighted by Crippen LogP contribution is -2.49. The first kappa shape index (κ1) is 15.0. The zero-order valence-electron chi connectivity index (χ0n) is 13.0. The molecule has 1 N–H and O–H groups in total. The fourth-order valence-corrected chi connectivity index (χ4v) is 2.95. The number of carbonyl (C=O) groups is 1. The summed E-state index contributed by atoms with van der Waals surface area (Å²) in [6.45, 7) is 4.35. The molecule has 0 radical (unpaired) electrons. The second-order valence-electron chi connectivity index (χ2n) is 5.66. The molecule has 1 aromatic heterocycles. The van der Waals surface area contributed by atoms with E-state index in [0.29, 0.717) is 31.9 Å². The van der Waals surface area contributed by atoms with E-state index in [9.17, 15) is 4.79 Å². The second kappa shape index (κ2) is 6.46. The number of H-pyrrole nitrogens is 1. The second-order valence-corrected chi connectivity index (χ2v) is 5.66. The maximum absolute atomic E-state index is 13.0. The predicted molar refractivity (Wildman–Crippen MR) is 83.0 cm³/mol. The van der Waals surface area contributed by atoms with Gasteiger partial charge in [-0.15, -0.1) is 0 Å². The van der Waals surface area contributed by atoms with Gasteiger partial charge in [-0.2, -0.15) is 5.10 Å². The number of aryl methyl sites for hydroxylation is 1. The Kier molecular flexibility index (Phi) is 4.40. The first-order chi connectivity index (χ1) is 10.7. The van der Waals surface area contributed by atoms with Crippen LogP contribution in [-0.2, 0) is 9.47 Å². The Morgan fingerprint density at radius 3 is 3.23 bits per heavy atom. The van der Waals surface area contributed by atoms with Crippen LogP contribution < -0.4 is 0 Å². The number of hydrogen-bond acceptors (Lipinski definition) is 4. The van der Waals surface area contributed by atoms with Crippen LogP contribution in [0.1, 0.15) is 22.3 Å². The van der Waals surface area contributed by atoms with Crippen molar-refractivity contribution in [3.05, 3.63) is 29.5 Å². The normalized spacial score (nSPS) is 18.8. The lowest BCUT2D eigenvalue weighted by Gasteiger charge is -2.35. The fraction of sp³-hybridized carbons (Fsp3) is 0.500. The van der Waals surface area contributed by atoms with Gasteiger partial charge in [0.1, 0.15) is 0 Å². The third-order valence-electron chi connectivity index (χ3n) is 4.07. The fourth-order valence-electron chi connectivity index (χ4n) is 2.95. The van der Waals surface area contributed by atoms with E-state index in [0.717, 1.165) is 22.9 Å². The quantitative estimate of drug-likeness (QED) is 0.934. The van der Waals surface area contributed by atoms with Gasteiger partial charge in [-0.05, 0) is 31.0 Å². The summed E-state index contributed by atoms with van der Waals surface area (Å²) in [4.78, 5) is 14.9. The lowest BCUT2D eigenvalue weighted by molar-refractivity contribution is -0.0103. The first-order valence-corrected chi connectivity index (χ1v) is 7.52. The van der Waals surface area contributed by atoms with Crippen molar-refractivity contribution in [1.82, 2.24) is 15.1 Å². The summed E-state index contributed by atoms with van der Waals surface area (Å²) in [5.41, 5.74) is 2.53. The van der Waals surface area contributed by atoms with Gasteiger partial charge in [-0.25, -0.2) is 0 Å². The molecule has 1 aromatic carbocycles. The average molecular weight is 303 g/mol. The van der Waals surface area contributed by atoms with E-state index in [-0.39, 0.29) is 11.9 Å². The van der Waals surface area contributed by atoms with Crippen molar-refractivity contribution >= 4 is 16.8 Å². The molecule has 118 valence electrons. The van der Waals surface area contributed by atoms with Gasteiger partial charge in [0, 0.05) is 25.6 Å². The minimum atomic E-state index is 0.0300. The molecule has 3 rings (SSSR count). The minimum absolute atomic E-state index is 0.0300. The number of hydrogen-bond donors (Lipinski definition) is 1. The Bertz CT molecular complexity index is 668. The van der Waals surface area contributed by atoms with E-state index in [1.165, 1.54) is 0 Å². The van der Waals surface area contributed by atoms with E-state index in [1.54, 1.807) is 13.3 Å². The number of ether oxygens (including phenoxy) is 2. The number of aromatic nitrogens is 2. The molecule has 1 amide bonds. The maximum Gasteiger partial charge on any atom is 0.256 e. The molecule has 1 fully saturated rings. The molecule has 1 saturated heterocycles. The maximum atomic E-state index is 13.0. The molecule has 2 heterocycles. The largest absolute Gasteiger partial charge is 0.385 e. The van der Waals surface area contributed by atoms with Crippen LogP contribution in [0.2, 0.25) is 0 Å². The summed E-state index contributed by atoms with van der Waals surface area (Å²) in [6.07, 6.45) is 2.53. The smallest absolute Gasteiger partial charge is 0.256 e. The highest BCUT2D eigenvalue weighted by Crippen LogP contribution is 2.22. The Hall–Kier alpha value is -1.92. The molecular weight excluding hydrogens is 282 g/mol. The molecule has 1 aliphatic heterocycles. The SMILES string of the molecule is COCCC1COCCN1C(=O)c1cc(C)cc2cn[nH]c12. The van der Waals surface area contributed by atoms with Crippen LogP contribution in [0.15, 0.2) is 18.3 Å². The Morgan fingerprint density at radius 1 is 1.55 bits per heavy atom. The summed E-state index contributed by atoms with van der Waals surface area (Å²) in [5.74, 6) is 0.0300. The molecular formula is C16H21N3O3. The lowest BCUT2D eigenvalue weighted by atomic mass is 10.0. The molecule has 6 nitrogen and oxygen atoms in total. The summed E-state index contributed by atoms with van der Waals surface area (Å²) >= 11 is 0. The standard InChI is InChI=1S/C16H21N3O3/c1-11-7-12-9-17-18-15(12)14(8-11)16(20)19-4-6-22-10-13(19)3-5-21-2/h7-9,13H,3-6,10H2,1-2H3,(H,17,18). The van der Waals surface area contributed by atoms with E-state index < -0.39 is 0 Å². The third kappa shape index (κ3) is 2.84. The van der Waals surface area contributed by atoms with Crippen molar-refractivity contribution in [2.75, 3.05) is 33.5 Å². The zero-order valence-corrected chi connectivity index (χ0v) is 13.0. The Labute approximate surface area is 129 Å². The van der Waals surface area contributed by atoms with E-state index >= 15 is 0 Å². The van der Waals surface area contributed by atoms with Crippen LogP contribution in [0, 0.1) is 6.92 Å². The molecule has 0 bridgehead atoms. The van der Waals surface area contributed by atoms with Crippen molar-refractivity contribution in [2.45, 2.75) is 19.4 Å².